The molecular formula is C16H15N3O6S. The number of amides is 2. The number of nitrogens with one attached hydrogen (secondary N) is 2. The molecule has 2 rings (SSSR count). The van der Waals surface area contributed by atoms with Crippen LogP contribution in [0.15, 0.2) is 47.4 Å². The van der Waals surface area contributed by atoms with Crippen molar-refractivity contribution in [2.24, 2.45) is 0 Å². The van der Waals surface area contributed by atoms with Crippen LogP contribution in [0.2, 0.25) is 0 Å². The van der Waals surface area contributed by atoms with Crippen molar-refractivity contribution >= 4 is 33.2 Å². The first kappa shape index (κ1) is 19.1. The second kappa shape index (κ2) is 7.31. The lowest BCUT2D eigenvalue weighted by atomic mass is 10.1. The number of anilines is 1. The normalized spacial score (nSPS) is 10.8. The molecule has 2 aromatic rings. The van der Waals surface area contributed by atoms with Gasteiger partial charge in [0.25, 0.3) is 21.6 Å². The van der Waals surface area contributed by atoms with Crippen molar-refractivity contribution in [3.63, 3.8) is 0 Å². The highest BCUT2D eigenvalue weighted by Crippen LogP contribution is 2.24. The molecule has 2 N–H and O–H groups in total. The summed E-state index contributed by atoms with van der Waals surface area (Å²) in [4.78, 5) is 33.6. The summed E-state index contributed by atoms with van der Waals surface area (Å²) in [5, 5.41) is 13.6. The molecule has 0 aliphatic heterocycles. The Hall–Kier alpha value is -3.27. The molecule has 0 radical (unpaired) electrons. The monoisotopic (exact) mass is 377 g/mol. The molecule has 0 aromatic heterocycles. The van der Waals surface area contributed by atoms with Crippen LogP contribution in [0.5, 0.6) is 0 Å². The van der Waals surface area contributed by atoms with Gasteiger partial charge >= 0.3 is 0 Å². The molecule has 0 unspecified atom stereocenters. The molecule has 9 nitrogen and oxygen atoms in total. The summed E-state index contributed by atoms with van der Waals surface area (Å²) in [6.07, 6.45) is 0. The lowest BCUT2D eigenvalue weighted by molar-refractivity contribution is -0.385. The molecule has 0 heterocycles. The maximum Gasteiger partial charge on any atom is 0.285 e. The predicted octanol–water partition coefficient (Wildman–Crippen LogP) is 1.98. The minimum Gasteiger partial charge on any atom is -0.322 e. The number of carbonyl (C=O) groups excluding carboxylic acids is 2. The fraction of sp³-hybridized carbons (Fsp3) is 0.125. The summed E-state index contributed by atoms with van der Waals surface area (Å²) in [7, 11) is -3.98. The Balaban J connectivity index is 2.25. The van der Waals surface area contributed by atoms with Gasteiger partial charge in [0.05, 0.1) is 9.82 Å². The Morgan fingerprint density at radius 3 is 2.23 bits per heavy atom. The minimum absolute atomic E-state index is 0.107. The van der Waals surface area contributed by atoms with Gasteiger partial charge in [-0.05, 0) is 37.3 Å². The highest BCUT2D eigenvalue weighted by atomic mass is 32.2. The number of carbonyl (C=O) groups is 2. The van der Waals surface area contributed by atoms with Crippen molar-refractivity contribution in [1.29, 1.82) is 0 Å². The van der Waals surface area contributed by atoms with E-state index >= 15 is 0 Å². The SMILES string of the molecule is CC(=O)NS(=O)(=O)c1ccc(NC(=O)c2cccc(C)c2[N+](=O)[O-])cc1. The summed E-state index contributed by atoms with van der Waals surface area (Å²) >= 11 is 0. The average molecular weight is 377 g/mol. The van der Waals surface area contributed by atoms with Gasteiger partial charge in [-0.3, -0.25) is 19.7 Å². The van der Waals surface area contributed by atoms with Crippen molar-refractivity contribution < 1.29 is 22.9 Å². The standard InChI is InChI=1S/C16H15N3O6S/c1-10-4-3-5-14(15(10)19(22)23)16(21)17-12-6-8-13(9-7-12)26(24,25)18-11(2)20/h3-9H,1-2H3,(H,17,21)(H,18,20). The van der Waals surface area contributed by atoms with Gasteiger partial charge in [-0.25, -0.2) is 13.1 Å². The smallest absolute Gasteiger partial charge is 0.285 e. The minimum atomic E-state index is -3.98. The number of nitrogens with zero attached hydrogens (tertiary/aromatic N) is 1. The average Bonchev–Trinajstić information content (AvgIpc) is 2.53. The van der Waals surface area contributed by atoms with Crippen LogP contribution in [0.4, 0.5) is 11.4 Å². The number of rotatable bonds is 5. The van der Waals surface area contributed by atoms with Crippen LogP contribution in [-0.4, -0.2) is 25.2 Å². The summed E-state index contributed by atoms with van der Waals surface area (Å²) in [5.41, 5.74) is 0.187. The first-order valence-corrected chi connectivity index (χ1v) is 8.79. The van der Waals surface area contributed by atoms with Gasteiger partial charge in [0.1, 0.15) is 5.56 Å². The first-order valence-electron chi connectivity index (χ1n) is 7.30. The summed E-state index contributed by atoms with van der Waals surface area (Å²) in [5.74, 6) is -1.42. The molecule has 0 fully saturated rings. The van der Waals surface area contributed by atoms with Gasteiger partial charge in [-0.15, -0.1) is 0 Å². The van der Waals surface area contributed by atoms with Crippen LogP contribution in [0.3, 0.4) is 0 Å². The van der Waals surface area contributed by atoms with E-state index in [9.17, 15) is 28.1 Å². The van der Waals surface area contributed by atoms with E-state index in [1.54, 1.807) is 0 Å². The number of sulfonamides is 1. The van der Waals surface area contributed by atoms with Gasteiger partial charge in [-0.2, -0.15) is 0 Å². The zero-order valence-corrected chi connectivity index (χ0v) is 14.7. The van der Waals surface area contributed by atoms with Crippen molar-refractivity contribution in [2.45, 2.75) is 18.7 Å². The Labute approximate surface area is 149 Å². The second-order valence-electron chi connectivity index (χ2n) is 5.37. The van der Waals surface area contributed by atoms with E-state index in [1.807, 2.05) is 4.72 Å². The number of para-hydroxylation sites is 1. The van der Waals surface area contributed by atoms with Gasteiger partial charge in [0.2, 0.25) is 5.91 Å². The third-order valence-electron chi connectivity index (χ3n) is 3.37. The molecule has 0 aliphatic rings. The molecular weight excluding hydrogens is 362 g/mol. The fourth-order valence-corrected chi connectivity index (χ4v) is 3.24. The Morgan fingerprint density at radius 2 is 1.69 bits per heavy atom. The van der Waals surface area contributed by atoms with E-state index < -0.39 is 26.8 Å². The van der Waals surface area contributed by atoms with Crippen molar-refractivity contribution in [3.8, 4) is 0 Å². The Kier molecular flexibility index (Phi) is 5.36. The number of hydrogen-bond donors (Lipinski definition) is 2. The van der Waals surface area contributed by atoms with E-state index in [4.69, 9.17) is 0 Å². The van der Waals surface area contributed by atoms with Gasteiger partial charge in [0.15, 0.2) is 0 Å². The van der Waals surface area contributed by atoms with E-state index in [-0.39, 0.29) is 21.8 Å². The lowest BCUT2D eigenvalue weighted by Gasteiger charge is -2.09. The Bertz CT molecular complexity index is 984. The topological polar surface area (TPSA) is 135 Å². The van der Waals surface area contributed by atoms with Gasteiger partial charge in [0, 0.05) is 18.2 Å². The van der Waals surface area contributed by atoms with Crippen LogP contribution >= 0.6 is 0 Å². The highest BCUT2D eigenvalue weighted by molar-refractivity contribution is 7.90. The number of nitro benzene ring substituents is 1. The predicted molar refractivity (Wildman–Crippen MR) is 93.2 cm³/mol. The summed E-state index contributed by atoms with van der Waals surface area (Å²) in [6, 6.07) is 9.41. The van der Waals surface area contributed by atoms with E-state index in [1.165, 1.54) is 49.4 Å². The molecule has 0 bridgehead atoms. The molecule has 26 heavy (non-hydrogen) atoms. The maximum atomic E-state index is 12.3. The molecule has 2 amide bonds. The van der Waals surface area contributed by atoms with E-state index in [0.29, 0.717) is 5.56 Å². The van der Waals surface area contributed by atoms with Crippen molar-refractivity contribution in [3.05, 3.63) is 63.7 Å². The zero-order valence-electron chi connectivity index (χ0n) is 13.8. The molecule has 0 aliphatic carbocycles. The largest absolute Gasteiger partial charge is 0.322 e. The lowest BCUT2D eigenvalue weighted by Crippen LogP contribution is -2.28. The molecule has 0 saturated carbocycles. The van der Waals surface area contributed by atoms with Crippen molar-refractivity contribution in [1.82, 2.24) is 4.72 Å². The van der Waals surface area contributed by atoms with Crippen molar-refractivity contribution in [2.75, 3.05) is 5.32 Å². The van der Waals surface area contributed by atoms with Gasteiger partial charge in [-0.1, -0.05) is 12.1 Å². The number of hydrogen-bond acceptors (Lipinski definition) is 6. The molecule has 2 aromatic carbocycles. The third-order valence-corrected chi connectivity index (χ3v) is 4.81. The molecule has 10 heteroatoms. The summed E-state index contributed by atoms with van der Waals surface area (Å²) in [6.45, 7) is 2.59. The van der Waals surface area contributed by atoms with E-state index in [0.717, 1.165) is 6.92 Å². The number of aryl methyl sites for hydroxylation is 1. The molecule has 0 saturated heterocycles. The van der Waals surface area contributed by atoms with E-state index in [2.05, 4.69) is 5.32 Å². The first-order chi connectivity index (χ1) is 12.1. The van der Waals surface area contributed by atoms with Crippen LogP contribution in [0, 0.1) is 17.0 Å². The number of benzene rings is 2. The molecule has 136 valence electrons. The zero-order chi connectivity index (χ0) is 19.5. The van der Waals surface area contributed by atoms with Crippen LogP contribution < -0.4 is 10.0 Å². The van der Waals surface area contributed by atoms with Crippen LogP contribution in [0.25, 0.3) is 0 Å². The fourth-order valence-electron chi connectivity index (χ4n) is 2.25. The third kappa shape index (κ3) is 4.22. The van der Waals surface area contributed by atoms with Crippen LogP contribution in [0.1, 0.15) is 22.8 Å². The Morgan fingerprint density at radius 1 is 1.08 bits per heavy atom. The summed E-state index contributed by atoms with van der Waals surface area (Å²) < 4.78 is 25.5. The molecule has 0 spiro atoms. The molecule has 0 atom stereocenters. The highest BCUT2D eigenvalue weighted by Gasteiger charge is 2.22. The second-order valence-corrected chi connectivity index (χ2v) is 7.05. The maximum absolute atomic E-state index is 12.3. The van der Waals surface area contributed by atoms with Gasteiger partial charge < -0.3 is 5.32 Å². The van der Waals surface area contributed by atoms with Crippen LogP contribution in [-0.2, 0) is 14.8 Å². The quantitative estimate of drug-likeness (QED) is 0.604. The number of nitro groups is 1.